The molecule has 3 N–H and O–H groups in total. The molecule has 0 radical (unpaired) electrons. The van der Waals surface area contributed by atoms with Gasteiger partial charge in [0.2, 0.25) is 17.7 Å². The van der Waals surface area contributed by atoms with Gasteiger partial charge in [0.25, 0.3) is 0 Å². The fourth-order valence-electron chi connectivity index (χ4n) is 9.16. The third-order valence-corrected chi connectivity index (χ3v) is 12.7. The molecule has 1 fully saturated rings. The maximum Gasteiger partial charge on any atom is 0.407 e. The standard InChI is InChI=1S/C48H64N4O9/c1-9-30(4)43(51(6)46(55)42(29(2)3)50-48(58)61-28-37-35-22-15-13-20-33(35)34-21-14-16-23-36(34)37)40(59-7)27-41(53)52-25-17-24-39(52)44(60-8)31(5)45(54)49-38(47(56)57)26-32-18-11-10-12-19-32/h10-16,18-23,29-31,37-40,42-44H,9,17,24-28H2,1-8H3,(H,49,54)(H,50,58)(H,56,57)/t30?,31?,38?,39-,40?,42?,43?,44?/m0/s1. The zero-order valence-corrected chi connectivity index (χ0v) is 36.8. The van der Waals surface area contributed by atoms with E-state index in [1.165, 1.54) is 14.2 Å². The van der Waals surface area contributed by atoms with Crippen LogP contribution in [0.4, 0.5) is 4.79 Å². The fourth-order valence-corrected chi connectivity index (χ4v) is 9.16. The minimum Gasteiger partial charge on any atom is -0.480 e. The number of carboxylic acid groups (broad SMARTS) is 1. The highest BCUT2D eigenvalue weighted by atomic mass is 16.5. The summed E-state index contributed by atoms with van der Waals surface area (Å²) in [6.45, 7) is 9.99. The number of hydrogen-bond acceptors (Lipinski definition) is 8. The molecule has 13 heteroatoms. The Labute approximate surface area is 360 Å². The van der Waals surface area contributed by atoms with Gasteiger partial charge in [0, 0.05) is 40.2 Å². The van der Waals surface area contributed by atoms with Gasteiger partial charge in [-0.1, -0.05) is 120 Å². The number of methoxy groups -OCH3 is 2. The van der Waals surface area contributed by atoms with Crippen LogP contribution in [0.25, 0.3) is 11.1 Å². The molecule has 0 spiro atoms. The number of carboxylic acids is 1. The molecule has 4 amide bonds. The molecule has 3 aromatic carbocycles. The first-order valence-corrected chi connectivity index (χ1v) is 21.5. The van der Waals surface area contributed by atoms with Crippen LogP contribution in [0.15, 0.2) is 78.9 Å². The minimum absolute atomic E-state index is 0.0407. The van der Waals surface area contributed by atoms with Gasteiger partial charge >= 0.3 is 12.1 Å². The van der Waals surface area contributed by atoms with E-state index in [9.17, 15) is 29.1 Å². The van der Waals surface area contributed by atoms with Crippen molar-refractivity contribution in [3.63, 3.8) is 0 Å². The molecule has 1 aliphatic heterocycles. The van der Waals surface area contributed by atoms with Crippen molar-refractivity contribution >= 4 is 29.8 Å². The first-order chi connectivity index (χ1) is 29.2. The summed E-state index contributed by atoms with van der Waals surface area (Å²) >= 11 is 0. The average molecular weight is 841 g/mol. The topological polar surface area (TPSA) is 164 Å². The highest BCUT2D eigenvalue weighted by Gasteiger charge is 2.43. The Morgan fingerprint density at radius 1 is 0.852 bits per heavy atom. The highest BCUT2D eigenvalue weighted by Crippen LogP contribution is 2.44. The molecule has 5 rings (SSSR count). The lowest BCUT2D eigenvalue weighted by Crippen LogP contribution is -2.58. The van der Waals surface area contributed by atoms with Crippen molar-refractivity contribution in [3.05, 3.63) is 95.6 Å². The molecule has 3 aromatic rings. The van der Waals surface area contributed by atoms with E-state index >= 15 is 0 Å². The first-order valence-electron chi connectivity index (χ1n) is 21.5. The molecule has 13 nitrogen and oxygen atoms in total. The van der Waals surface area contributed by atoms with Gasteiger partial charge in [-0.05, 0) is 52.5 Å². The summed E-state index contributed by atoms with van der Waals surface area (Å²) in [6.07, 6.45) is -0.0343. The third-order valence-electron chi connectivity index (χ3n) is 12.7. The van der Waals surface area contributed by atoms with Crippen LogP contribution in [0.2, 0.25) is 0 Å². The summed E-state index contributed by atoms with van der Waals surface area (Å²) in [5.41, 5.74) is 5.19. The van der Waals surface area contributed by atoms with Crippen molar-refractivity contribution in [2.24, 2.45) is 17.8 Å². The number of hydrogen-bond donors (Lipinski definition) is 3. The van der Waals surface area contributed by atoms with Crippen LogP contribution in [0, 0.1) is 17.8 Å². The Morgan fingerprint density at radius 3 is 2.02 bits per heavy atom. The zero-order valence-electron chi connectivity index (χ0n) is 36.8. The number of likely N-dealkylation sites (N-methyl/N-ethyl adjacent to an activating group) is 1. The Hall–Kier alpha value is -5.27. The first kappa shape index (κ1) is 46.8. The van der Waals surface area contributed by atoms with Crippen LogP contribution in [-0.4, -0.2) is 115 Å². The second-order valence-electron chi connectivity index (χ2n) is 16.9. The van der Waals surface area contributed by atoms with Crippen molar-refractivity contribution in [2.45, 2.75) is 109 Å². The van der Waals surface area contributed by atoms with Gasteiger partial charge in [-0.3, -0.25) is 14.4 Å². The van der Waals surface area contributed by atoms with Crippen molar-refractivity contribution in [1.82, 2.24) is 20.4 Å². The van der Waals surface area contributed by atoms with Crippen LogP contribution in [0.3, 0.4) is 0 Å². The largest absolute Gasteiger partial charge is 0.480 e. The number of alkyl carbamates (subject to hydrolysis) is 1. The van der Waals surface area contributed by atoms with Gasteiger partial charge in [0.15, 0.2) is 0 Å². The molecule has 61 heavy (non-hydrogen) atoms. The van der Waals surface area contributed by atoms with Crippen molar-refractivity contribution < 1.29 is 43.3 Å². The van der Waals surface area contributed by atoms with Crippen LogP contribution in [-0.2, 0) is 39.8 Å². The number of likely N-dealkylation sites (tertiary alicyclic amines) is 1. The molecule has 330 valence electrons. The Bertz CT molecular complexity index is 1930. The zero-order chi connectivity index (χ0) is 44.4. The van der Waals surface area contributed by atoms with Gasteiger partial charge in [0.05, 0.1) is 36.6 Å². The number of ether oxygens (including phenoxy) is 3. The van der Waals surface area contributed by atoms with E-state index in [0.29, 0.717) is 25.8 Å². The van der Waals surface area contributed by atoms with Gasteiger partial charge in [-0.15, -0.1) is 0 Å². The monoisotopic (exact) mass is 840 g/mol. The molecule has 7 unspecified atom stereocenters. The van der Waals surface area contributed by atoms with E-state index in [4.69, 9.17) is 14.2 Å². The maximum atomic E-state index is 14.4. The fraction of sp³-hybridized carbons (Fsp3) is 0.521. The van der Waals surface area contributed by atoms with Gasteiger partial charge in [-0.25, -0.2) is 9.59 Å². The van der Waals surface area contributed by atoms with Gasteiger partial charge < -0.3 is 39.8 Å². The lowest BCUT2D eigenvalue weighted by atomic mass is 9.89. The second kappa shape index (κ2) is 21.5. The number of rotatable bonds is 20. The molecule has 1 saturated heterocycles. The van der Waals surface area contributed by atoms with Crippen LogP contribution in [0.5, 0.6) is 0 Å². The summed E-state index contributed by atoms with van der Waals surface area (Å²) in [4.78, 5) is 71.1. The van der Waals surface area contributed by atoms with Crippen molar-refractivity contribution in [2.75, 3.05) is 34.4 Å². The van der Waals surface area contributed by atoms with Gasteiger partial charge in [0.1, 0.15) is 18.7 Å². The summed E-state index contributed by atoms with van der Waals surface area (Å²) in [5, 5.41) is 15.5. The average Bonchev–Trinajstić information content (AvgIpc) is 3.87. The number of aliphatic carboxylic acids is 1. The SMILES string of the molecule is CCC(C)C(C(CC(=O)N1CCC[C@H]1C(OC)C(C)C(=O)NC(Cc1ccccc1)C(=O)O)OC)N(C)C(=O)C(NC(=O)OCC1c2ccccc2-c2ccccc21)C(C)C. The molecule has 1 heterocycles. The number of benzene rings is 3. The van der Waals surface area contributed by atoms with E-state index in [1.807, 2.05) is 82.3 Å². The van der Waals surface area contributed by atoms with E-state index in [2.05, 4.69) is 34.9 Å². The number of amides is 4. The van der Waals surface area contributed by atoms with Crippen molar-refractivity contribution in [3.8, 4) is 11.1 Å². The number of fused-ring (bicyclic) bond motifs is 3. The van der Waals surface area contributed by atoms with Crippen LogP contribution in [0.1, 0.15) is 82.9 Å². The van der Waals surface area contributed by atoms with E-state index in [1.54, 1.807) is 23.8 Å². The molecular weight excluding hydrogens is 777 g/mol. The van der Waals surface area contributed by atoms with Crippen molar-refractivity contribution in [1.29, 1.82) is 0 Å². The summed E-state index contributed by atoms with van der Waals surface area (Å²) in [5.74, 6) is -3.43. The maximum absolute atomic E-state index is 14.4. The van der Waals surface area contributed by atoms with E-state index < -0.39 is 60.3 Å². The predicted molar refractivity (Wildman–Crippen MR) is 233 cm³/mol. The second-order valence-corrected chi connectivity index (χ2v) is 16.9. The normalized spacial score (nSPS) is 18.2. The molecule has 0 aromatic heterocycles. The summed E-state index contributed by atoms with van der Waals surface area (Å²) in [7, 11) is 4.71. The lowest BCUT2D eigenvalue weighted by Gasteiger charge is -2.40. The number of carbonyl (C=O) groups is 5. The Balaban J connectivity index is 1.24. The Kier molecular flexibility index (Phi) is 16.5. The molecule has 8 atom stereocenters. The predicted octanol–water partition coefficient (Wildman–Crippen LogP) is 6.28. The summed E-state index contributed by atoms with van der Waals surface area (Å²) < 4.78 is 17.7. The smallest absolute Gasteiger partial charge is 0.407 e. The number of nitrogens with one attached hydrogen (secondary N) is 2. The third kappa shape index (κ3) is 11.0. The highest BCUT2D eigenvalue weighted by molar-refractivity contribution is 5.87. The van der Waals surface area contributed by atoms with E-state index in [0.717, 1.165) is 27.8 Å². The number of carbonyl (C=O) groups excluding carboxylic acids is 4. The summed E-state index contributed by atoms with van der Waals surface area (Å²) in [6, 6.07) is 22.3. The number of nitrogens with zero attached hydrogens (tertiary/aromatic N) is 2. The molecule has 2 aliphatic rings. The molecule has 0 bridgehead atoms. The quantitative estimate of drug-likeness (QED) is 0.119. The molecule has 1 aliphatic carbocycles. The van der Waals surface area contributed by atoms with E-state index in [-0.39, 0.29) is 49.0 Å². The minimum atomic E-state index is -1.14. The van der Waals surface area contributed by atoms with Crippen LogP contribution >= 0.6 is 0 Å². The Morgan fingerprint density at radius 2 is 1.46 bits per heavy atom. The van der Waals surface area contributed by atoms with Gasteiger partial charge in [-0.2, -0.15) is 0 Å². The molecular formula is C48H64N4O9. The molecule has 0 saturated carbocycles. The van der Waals surface area contributed by atoms with Crippen LogP contribution < -0.4 is 10.6 Å². The lowest BCUT2D eigenvalue weighted by molar-refractivity contribution is -0.147.